The molecule has 4 N–H and O–H groups in total. The number of piperidine rings is 1. The molecule has 0 aliphatic carbocycles. The highest BCUT2D eigenvalue weighted by Gasteiger charge is 2.33. The molecule has 2 atom stereocenters. The molecule has 0 bridgehead atoms. The van der Waals surface area contributed by atoms with Crippen molar-refractivity contribution >= 4 is 63.4 Å². The zero-order valence-corrected chi connectivity index (χ0v) is 37.2. The second-order valence-corrected chi connectivity index (χ2v) is 18.7. The first kappa shape index (κ1) is 46.5. The molecule has 2 aliphatic heterocycles. The van der Waals surface area contributed by atoms with Crippen molar-refractivity contribution in [1.82, 2.24) is 40.2 Å². The van der Waals surface area contributed by atoms with Gasteiger partial charge in [-0.1, -0.05) is 12.1 Å². The number of piperazine rings is 1. The number of aryl methyl sites for hydroxylation is 1. The van der Waals surface area contributed by atoms with E-state index < -0.39 is 22.0 Å². The first-order valence-corrected chi connectivity index (χ1v) is 22.0. The van der Waals surface area contributed by atoms with Crippen molar-refractivity contribution < 1.29 is 37.9 Å². The molecule has 2 unspecified atom stereocenters. The lowest BCUT2D eigenvalue weighted by atomic mass is 10.0. The topological polar surface area (TPSA) is 219 Å². The minimum absolute atomic E-state index is 0.196. The Morgan fingerprint density at radius 1 is 1.02 bits per heavy atom. The molecule has 3 amide bonds. The Balaban J connectivity index is 0.894. The minimum atomic E-state index is -1.37. The Morgan fingerprint density at radius 3 is 2.42 bits per heavy atom. The highest BCUT2D eigenvalue weighted by atomic mass is 32.2. The van der Waals surface area contributed by atoms with Gasteiger partial charge in [-0.15, -0.1) is 0 Å². The monoisotopic (exact) mass is 874 g/mol. The highest BCUT2D eigenvalue weighted by Crippen LogP contribution is 2.37. The van der Waals surface area contributed by atoms with Gasteiger partial charge < -0.3 is 29.4 Å². The third kappa shape index (κ3) is 12.1. The standard InChI is InChI=1S/C43H58N10O8S/c1-28-29(2)49-50-40(28)48-41-31-22-37(62(58)43(3,4)5)36(23-34(31)44-27-45-41)61-19-17-53-14-12-52(13-15-53)16-18-59-20-21-60-26-39(56)46-33-9-7-8-30(25-54)32(33)24-51(6)35-10-11-38(55)47-42(35)57/h7-9,22-23,25,27,35H,10-21,24,26H2,1-6H3,(H,46,56)(H,47,55,57)(H2,44,45,48,49,50). The number of imide groups is 1. The maximum atomic E-state index is 13.8. The number of rotatable bonds is 20. The van der Waals surface area contributed by atoms with Crippen LogP contribution in [-0.2, 0) is 41.6 Å². The van der Waals surface area contributed by atoms with Gasteiger partial charge in [0.05, 0.1) is 31.4 Å². The molecule has 19 heteroatoms. The van der Waals surface area contributed by atoms with Crippen LogP contribution >= 0.6 is 0 Å². The van der Waals surface area contributed by atoms with Gasteiger partial charge in [-0.25, -0.2) is 9.97 Å². The summed E-state index contributed by atoms with van der Waals surface area (Å²) in [5.41, 5.74) is 4.03. The summed E-state index contributed by atoms with van der Waals surface area (Å²) in [4.78, 5) is 64.6. The van der Waals surface area contributed by atoms with E-state index in [1.165, 1.54) is 6.33 Å². The maximum absolute atomic E-state index is 13.8. The zero-order chi connectivity index (χ0) is 44.4. The van der Waals surface area contributed by atoms with Crippen LogP contribution in [-0.4, -0.2) is 154 Å². The number of hydrogen-bond donors (Lipinski definition) is 4. The van der Waals surface area contributed by atoms with Gasteiger partial charge in [0.1, 0.15) is 36.4 Å². The fraction of sp³-hybridized carbons (Fsp3) is 0.512. The van der Waals surface area contributed by atoms with Crippen LogP contribution in [0.5, 0.6) is 5.75 Å². The molecule has 4 heterocycles. The number of H-pyrrole nitrogens is 1. The Morgan fingerprint density at radius 2 is 1.74 bits per heavy atom. The molecule has 18 nitrogen and oxygen atoms in total. The number of likely N-dealkylation sites (N-methyl/N-ethyl adjacent to an activating group) is 1. The van der Waals surface area contributed by atoms with Crippen LogP contribution in [0.25, 0.3) is 10.9 Å². The van der Waals surface area contributed by atoms with Crippen molar-refractivity contribution in [2.24, 2.45) is 0 Å². The molecule has 0 spiro atoms. The number of carbonyl (C=O) groups excluding carboxylic acids is 4. The number of aromatic nitrogens is 4. The second-order valence-electron chi connectivity index (χ2n) is 16.5. The van der Waals surface area contributed by atoms with Crippen molar-refractivity contribution in [1.29, 1.82) is 0 Å². The molecule has 0 radical (unpaired) electrons. The van der Waals surface area contributed by atoms with Crippen molar-refractivity contribution in [2.75, 3.05) is 90.0 Å². The first-order valence-electron chi connectivity index (χ1n) is 20.8. The van der Waals surface area contributed by atoms with Gasteiger partial charge in [-0.2, -0.15) is 5.10 Å². The molecule has 2 aromatic heterocycles. The fourth-order valence-electron chi connectivity index (χ4n) is 7.23. The van der Waals surface area contributed by atoms with E-state index in [1.54, 1.807) is 30.1 Å². The third-order valence-corrected chi connectivity index (χ3v) is 12.8. The maximum Gasteiger partial charge on any atom is 0.250 e. The number of nitrogens with one attached hydrogen (secondary N) is 4. The van der Waals surface area contributed by atoms with Gasteiger partial charge in [-0.3, -0.25) is 44.3 Å². The highest BCUT2D eigenvalue weighted by molar-refractivity contribution is 7.92. The average Bonchev–Trinajstić information content (AvgIpc) is 3.55. The lowest BCUT2D eigenvalue weighted by Gasteiger charge is -2.34. The largest absolute Gasteiger partial charge is 0.611 e. The number of nitrogens with zero attached hydrogens (tertiary/aromatic N) is 6. The fourth-order valence-corrected chi connectivity index (χ4v) is 8.41. The van der Waals surface area contributed by atoms with Crippen LogP contribution in [0.1, 0.15) is 60.8 Å². The van der Waals surface area contributed by atoms with Gasteiger partial charge in [0, 0.05) is 97.8 Å². The molecular formula is C43H58N10O8S. The Kier molecular flexibility index (Phi) is 16.0. The summed E-state index contributed by atoms with van der Waals surface area (Å²) in [7, 11) is 1.74. The van der Waals surface area contributed by atoms with E-state index in [0.29, 0.717) is 83.7 Å². The summed E-state index contributed by atoms with van der Waals surface area (Å²) in [6.45, 7) is 16.3. The van der Waals surface area contributed by atoms with Crippen LogP contribution in [0.3, 0.4) is 0 Å². The third-order valence-electron chi connectivity index (χ3n) is 11.0. The first-order chi connectivity index (χ1) is 29.7. The van der Waals surface area contributed by atoms with Crippen LogP contribution in [0, 0.1) is 13.8 Å². The van der Waals surface area contributed by atoms with Crippen LogP contribution in [0.2, 0.25) is 0 Å². The summed E-state index contributed by atoms with van der Waals surface area (Å²) < 4.78 is 31.0. The van der Waals surface area contributed by atoms with Gasteiger partial charge in [0.25, 0.3) is 0 Å². The molecule has 2 aromatic carbocycles. The smallest absolute Gasteiger partial charge is 0.250 e. The van der Waals surface area contributed by atoms with E-state index in [0.717, 1.165) is 49.4 Å². The molecule has 2 fully saturated rings. The lowest BCUT2D eigenvalue weighted by Crippen LogP contribution is -2.51. The molecule has 0 saturated carbocycles. The normalized spacial score (nSPS) is 17.0. The number of anilines is 3. The van der Waals surface area contributed by atoms with Crippen molar-refractivity contribution in [3.63, 3.8) is 0 Å². The molecule has 4 aromatic rings. The number of aldehydes is 1. The Labute approximate surface area is 365 Å². The average molecular weight is 875 g/mol. The Hall–Kier alpha value is -5.02. The van der Waals surface area contributed by atoms with Crippen LogP contribution < -0.4 is 20.7 Å². The summed E-state index contributed by atoms with van der Waals surface area (Å²) in [6.07, 6.45) is 2.82. The Bertz CT molecular complexity index is 2210. The van der Waals surface area contributed by atoms with Crippen LogP contribution in [0.15, 0.2) is 41.6 Å². The number of benzene rings is 2. The quantitative estimate of drug-likeness (QED) is 0.0433. The van der Waals surface area contributed by atoms with Gasteiger partial charge in [-0.05, 0) is 65.3 Å². The molecule has 334 valence electrons. The van der Waals surface area contributed by atoms with Crippen molar-refractivity contribution in [3.05, 3.63) is 59.0 Å². The lowest BCUT2D eigenvalue weighted by molar-refractivity contribution is -0.137. The summed E-state index contributed by atoms with van der Waals surface area (Å²) in [5.74, 6) is 0.733. The van der Waals surface area contributed by atoms with E-state index in [2.05, 4.69) is 45.9 Å². The predicted octanol–water partition coefficient (Wildman–Crippen LogP) is 3.34. The number of amides is 3. The number of hydrogen-bond acceptors (Lipinski definition) is 15. The van der Waals surface area contributed by atoms with E-state index in [1.807, 2.05) is 46.8 Å². The summed E-state index contributed by atoms with van der Waals surface area (Å²) in [6, 6.07) is 8.22. The van der Waals surface area contributed by atoms with E-state index in [9.17, 15) is 23.7 Å². The van der Waals surface area contributed by atoms with Gasteiger partial charge in [0.2, 0.25) is 17.7 Å². The van der Waals surface area contributed by atoms with Crippen molar-refractivity contribution in [3.8, 4) is 5.75 Å². The van der Waals surface area contributed by atoms with E-state index in [4.69, 9.17) is 14.2 Å². The SMILES string of the molecule is Cc1[nH]nc(Nc2ncnc3cc(OCCN4CCN(CCOCCOCC(=O)Nc5cccc(C=O)c5CN(C)C5CCC(=O)NC5=O)CC4)c([S+]([O-])C(C)(C)C)cc23)c1C. The van der Waals surface area contributed by atoms with E-state index in [-0.39, 0.29) is 43.9 Å². The number of fused-ring (bicyclic) bond motifs is 1. The van der Waals surface area contributed by atoms with Crippen LogP contribution in [0.4, 0.5) is 17.3 Å². The number of aromatic amines is 1. The zero-order valence-electron chi connectivity index (χ0n) is 36.4. The number of ether oxygens (including phenoxy) is 3. The predicted molar refractivity (Wildman–Crippen MR) is 235 cm³/mol. The molecule has 2 saturated heterocycles. The summed E-state index contributed by atoms with van der Waals surface area (Å²) in [5, 5.41) is 16.6. The van der Waals surface area contributed by atoms with Crippen molar-refractivity contribution in [2.45, 2.75) is 69.7 Å². The molecule has 6 rings (SSSR count). The number of carbonyl (C=O) groups is 4. The molecular weight excluding hydrogens is 817 g/mol. The minimum Gasteiger partial charge on any atom is -0.611 e. The molecule has 62 heavy (non-hydrogen) atoms. The van der Waals surface area contributed by atoms with E-state index >= 15 is 0 Å². The van der Waals surface area contributed by atoms with Gasteiger partial charge in [0.15, 0.2) is 16.5 Å². The second kappa shape index (κ2) is 21.4. The van der Waals surface area contributed by atoms with Gasteiger partial charge >= 0.3 is 0 Å². The summed E-state index contributed by atoms with van der Waals surface area (Å²) >= 11 is -1.37. The molecule has 2 aliphatic rings.